The lowest BCUT2D eigenvalue weighted by molar-refractivity contribution is 0.0939. The van der Waals surface area contributed by atoms with E-state index in [1.54, 1.807) is 36.6 Å². The van der Waals surface area contributed by atoms with Crippen LogP contribution in [-0.2, 0) is 0 Å². The Morgan fingerprint density at radius 2 is 1.83 bits per heavy atom. The fraction of sp³-hybridized carbons (Fsp3) is 0.136. The average molecular weight is 424 g/mol. The van der Waals surface area contributed by atoms with Gasteiger partial charge in [0.1, 0.15) is 0 Å². The molecule has 5 nitrogen and oxygen atoms in total. The maximum Gasteiger partial charge on any atom is 0.228 e. The summed E-state index contributed by atoms with van der Waals surface area (Å²) in [6.07, 6.45) is 0. The standard InChI is InChI=1S/C22H18ClN3O2S/c1-12-21(18-10-16(23)6-9-20(18)26(12)14(3)28)19-11-29-22(25-19)24-17-7-4-15(5-8-17)13(2)27/h4-11H,1-3H3,(H,24,25). The number of aromatic nitrogens is 2. The van der Waals surface area contributed by atoms with Crippen molar-refractivity contribution in [1.82, 2.24) is 9.55 Å². The predicted molar refractivity (Wildman–Crippen MR) is 119 cm³/mol. The fourth-order valence-corrected chi connectivity index (χ4v) is 4.37. The first-order valence-corrected chi connectivity index (χ1v) is 10.3. The summed E-state index contributed by atoms with van der Waals surface area (Å²) in [6.45, 7) is 5.00. The summed E-state index contributed by atoms with van der Waals surface area (Å²) in [5.41, 5.74) is 4.84. The van der Waals surface area contributed by atoms with Crippen molar-refractivity contribution in [2.24, 2.45) is 0 Å². The molecule has 2 aromatic heterocycles. The predicted octanol–water partition coefficient (Wildman–Crippen LogP) is 6.33. The van der Waals surface area contributed by atoms with Gasteiger partial charge in [0.2, 0.25) is 5.91 Å². The van der Waals surface area contributed by atoms with Crippen molar-refractivity contribution in [2.45, 2.75) is 20.8 Å². The molecule has 0 unspecified atom stereocenters. The first-order chi connectivity index (χ1) is 13.8. The summed E-state index contributed by atoms with van der Waals surface area (Å²) in [6, 6.07) is 12.8. The molecule has 0 aliphatic heterocycles. The number of anilines is 2. The highest BCUT2D eigenvalue weighted by Crippen LogP contribution is 2.37. The van der Waals surface area contributed by atoms with Crippen LogP contribution in [0.4, 0.5) is 10.8 Å². The lowest BCUT2D eigenvalue weighted by Gasteiger charge is -2.03. The molecule has 2 heterocycles. The number of carbonyl (C=O) groups is 2. The molecular formula is C22H18ClN3O2S. The fourth-order valence-electron chi connectivity index (χ4n) is 3.48. The molecule has 0 saturated carbocycles. The first-order valence-electron chi connectivity index (χ1n) is 9.00. The lowest BCUT2D eigenvalue weighted by Crippen LogP contribution is -2.07. The van der Waals surface area contributed by atoms with Gasteiger partial charge in [-0.1, -0.05) is 11.6 Å². The maximum absolute atomic E-state index is 12.2. The first kappa shape index (κ1) is 19.4. The molecule has 4 rings (SSSR count). The Hall–Kier alpha value is -2.96. The molecule has 0 aliphatic carbocycles. The van der Waals surface area contributed by atoms with E-state index < -0.39 is 0 Å². The molecule has 2 aromatic carbocycles. The van der Waals surface area contributed by atoms with Gasteiger partial charge < -0.3 is 5.32 Å². The molecule has 7 heteroatoms. The van der Waals surface area contributed by atoms with Gasteiger partial charge in [-0.05, 0) is 56.3 Å². The highest BCUT2D eigenvalue weighted by Gasteiger charge is 2.20. The van der Waals surface area contributed by atoms with Crippen molar-refractivity contribution in [3.05, 3.63) is 64.1 Å². The van der Waals surface area contributed by atoms with Crippen molar-refractivity contribution in [3.63, 3.8) is 0 Å². The van der Waals surface area contributed by atoms with Crippen LogP contribution in [0.3, 0.4) is 0 Å². The van der Waals surface area contributed by atoms with E-state index in [1.807, 2.05) is 36.6 Å². The molecule has 0 fully saturated rings. The molecule has 0 saturated heterocycles. The van der Waals surface area contributed by atoms with Gasteiger partial charge in [0.05, 0.1) is 11.2 Å². The largest absolute Gasteiger partial charge is 0.332 e. The van der Waals surface area contributed by atoms with Gasteiger partial charge in [0.15, 0.2) is 10.9 Å². The van der Waals surface area contributed by atoms with E-state index in [9.17, 15) is 9.59 Å². The van der Waals surface area contributed by atoms with E-state index in [0.29, 0.717) is 10.6 Å². The quantitative estimate of drug-likeness (QED) is 0.389. The molecule has 0 atom stereocenters. The number of thiazole rings is 1. The second-order valence-corrected chi connectivity index (χ2v) is 8.07. The van der Waals surface area contributed by atoms with Crippen LogP contribution < -0.4 is 5.32 Å². The minimum absolute atomic E-state index is 0.0316. The van der Waals surface area contributed by atoms with Gasteiger partial charge in [-0.15, -0.1) is 11.3 Å². The van der Waals surface area contributed by atoms with E-state index in [1.165, 1.54) is 11.3 Å². The zero-order valence-electron chi connectivity index (χ0n) is 16.1. The van der Waals surface area contributed by atoms with Crippen molar-refractivity contribution in [2.75, 3.05) is 5.32 Å². The Bertz CT molecular complexity index is 1260. The Labute approximate surface area is 177 Å². The van der Waals surface area contributed by atoms with Gasteiger partial charge in [0.25, 0.3) is 0 Å². The van der Waals surface area contributed by atoms with E-state index in [2.05, 4.69) is 5.32 Å². The molecule has 29 heavy (non-hydrogen) atoms. The van der Waals surface area contributed by atoms with Gasteiger partial charge in [-0.25, -0.2) is 4.98 Å². The number of benzene rings is 2. The van der Waals surface area contributed by atoms with E-state index in [4.69, 9.17) is 16.6 Å². The number of nitrogens with zero attached hydrogens (tertiary/aromatic N) is 2. The zero-order chi connectivity index (χ0) is 20.7. The van der Waals surface area contributed by atoms with Crippen molar-refractivity contribution in [3.8, 4) is 11.3 Å². The monoisotopic (exact) mass is 423 g/mol. The normalized spacial score (nSPS) is 11.0. The molecule has 1 N–H and O–H groups in total. The number of rotatable bonds is 4. The summed E-state index contributed by atoms with van der Waals surface area (Å²) in [4.78, 5) is 28.3. The number of hydrogen-bond donors (Lipinski definition) is 1. The minimum Gasteiger partial charge on any atom is -0.332 e. The Morgan fingerprint density at radius 3 is 2.48 bits per heavy atom. The van der Waals surface area contributed by atoms with Gasteiger partial charge in [0, 0.05) is 45.2 Å². The van der Waals surface area contributed by atoms with Crippen LogP contribution in [0.5, 0.6) is 0 Å². The average Bonchev–Trinajstić information content (AvgIpc) is 3.23. The molecule has 0 bridgehead atoms. The number of hydrogen-bond acceptors (Lipinski definition) is 5. The third-order valence-electron chi connectivity index (χ3n) is 4.78. The number of fused-ring (bicyclic) bond motifs is 1. The third-order valence-corrected chi connectivity index (χ3v) is 5.78. The minimum atomic E-state index is -0.0554. The molecule has 0 radical (unpaired) electrons. The number of ketones is 1. The molecule has 4 aromatic rings. The molecule has 0 amide bonds. The second kappa shape index (κ2) is 7.46. The molecular weight excluding hydrogens is 406 g/mol. The van der Waals surface area contributed by atoms with Crippen LogP contribution >= 0.6 is 22.9 Å². The van der Waals surface area contributed by atoms with Crippen LogP contribution in [-0.4, -0.2) is 21.2 Å². The topological polar surface area (TPSA) is 64.0 Å². The van der Waals surface area contributed by atoms with Crippen molar-refractivity contribution < 1.29 is 9.59 Å². The highest BCUT2D eigenvalue weighted by molar-refractivity contribution is 7.14. The maximum atomic E-state index is 12.2. The van der Waals surface area contributed by atoms with E-state index in [-0.39, 0.29) is 11.7 Å². The SMILES string of the molecule is CC(=O)c1ccc(Nc2nc(-c3c(C)n(C(C)=O)c4ccc(Cl)cc34)cs2)cc1. The molecule has 0 spiro atoms. The zero-order valence-corrected chi connectivity index (χ0v) is 17.7. The summed E-state index contributed by atoms with van der Waals surface area (Å²) in [5.74, 6) is -0.0238. The highest BCUT2D eigenvalue weighted by atomic mass is 35.5. The summed E-state index contributed by atoms with van der Waals surface area (Å²) >= 11 is 7.69. The van der Waals surface area contributed by atoms with Crippen molar-refractivity contribution >= 4 is 56.4 Å². The third kappa shape index (κ3) is 3.57. The molecule has 146 valence electrons. The number of nitrogens with one attached hydrogen (secondary N) is 1. The number of Topliss-reactive ketones (excluding diaryl/α,β-unsaturated/α-hetero) is 1. The summed E-state index contributed by atoms with van der Waals surface area (Å²) in [5, 5.41) is 7.45. The smallest absolute Gasteiger partial charge is 0.228 e. The van der Waals surface area contributed by atoms with E-state index >= 15 is 0 Å². The summed E-state index contributed by atoms with van der Waals surface area (Å²) < 4.78 is 1.69. The number of carbonyl (C=O) groups excluding carboxylic acids is 2. The van der Waals surface area contributed by atoms with Gasteiger partial charge in [-0.3, -0.25) is 14.2 Å². The number of halogens is 1. The van der Waals surface area contributed by atoms with Crippen molar-refractivity contribution in [1.29, 1.82) is 0 Å². The van der Waals surface area contributed by atoms with Crippen LogP contribution in [0.2, 0.25) is 5.02 Å². The Balaban J connectivity index is 1.73. The lowest BCUT2D eigenvalue weighted by atomic mass is 10.1. The van der Waals surface area contributed by atoms with Crippen LogP contribution in [0.15, 0.2) is 47.8 Å². The molecule has 0 aliphatic rings. The Kier molecular flexibility index (Phi) is 4.98. The van der Waals surface area contributed by atoms with E-state index in [0.717, 1.165) is 38.7 Å². The van der Waals surface area contributed by atoms with Crippen LogP contribution in [0.1, 0.15) is 34.7 Å². The summed E-state index contributed by atoms with van der Waals surface area (Å²) in [7, 11) is 0. The van der Waals surface area contributed by atoms with Gasteiger partial charge in [-0.2, -0.15) is 0 Å². The Morgan fingerprint density at radius 1 is 1.10 bits per heavy atom. The second-order valence-electron chi connectivity index (χ2n) is 6.77. The van der Waals surface area contributed by atoms with Gasteiger partial charge >= 0.3 is 0 Å². The van der Waals surface area contributed by atoms with Crippen LogP contribution in [0.25, 0.3) is 22.2 Å². The van der Waals surface area contributed by atoms with Crippen LogP contribution in [0, 0.1) is 6.92 Å².